The van der Waals surface area contributed by atoms with Crippen LogP contribution in [-0.4, -0.2) is 57.4 Å². The van der Waals surface area contributed by atoms with Crippen molar-refractivity contribution in [3.8, 4) is 0 Å². The Kier molecular flexibility index (Phi) is 7.10. The Balaban J connectivity index is 1.46. The SMILES string of the molecule is Cc1cc([C@@H](C)Nc2ccccc2C(=O)O)c2nc(N3CCN(C(=O)C4CCCC4)CC3)c(C)c(=O)n2c1. The van der Waals surface area contributed by atoms with Crippen molar-refractivity contribution in [1.82, 2.24) is 14.3 Å². The van der Waals surface area contributed by atoms with Gasteiger partial charge in [-0.3, -0.25) is 14.0 Å². The van der Waals surface area contributed by atoms with Gasteiger partial charge in [-0.1, -0.05) is 25.0 Å². The van der Waals surface area contributed by atoms with E-state index in [1.807, 2.05) is 24.8 Å². The molecule has 200 valence electrons. The van der Waals surface area contributed by atoms with Crippen LogP contribution < -0.4 is 15.8 Å². The summed E-state index contributed by atoms with van der Waals surface area (Å²) in [6.07, 6.45) is 6.05. The maximum absolute atomic E-state index is 13.5. The Morgan fingerprint density at radius 1 is 1.08 bits per heavy atom. The van der Waals surface area contributed by atoms with Gasteiger partial charge in [-0.2, -0.15) is 0 Å². The summed E-state index contributed by atoms with van der Waals surface area (Å²) in [4.78, 5) is 47.2. The first kappa shape index (κ1) is 25.8. The van der Waals surface area contributed by atoms with E-state index in [0.29, 0.717) is 48.9 Å². The fourth-order valence-corrected chi connectivity index (χ4v) is 5.79. The second kappa shape index (κ2) is 10.5. The van der Waals surface area contributed by atoms with E-state index in [-0.39, 0.29) is 29.0 Å². The molecule has 0 radical (unpaired) electrons. The first-order valence-corrected chi connectivity index (χ1v) is 13.4. The molecule has 1 saturated heterocycles. The summed E-state index contributed by atoms with van der Waals surface area (Å²) in [6, 6.07) is 8.45. The zero-order valence-electron chi connectivity index (χ0n) is 22.2. The lowest BCUT2D eigenvalue weighted by atomic mass is 10.1. The van der Waals surface area contributed by atoms with Crippen LogP contribution in [0.5, 0.6) is 0 Å². The molecule has 2 fully saturated rings. The molecule has 0 unspecified atom stereocenters. The number of nitrogens with one attached hydrogen (secondary N) is 1. The van der Waals surface area contributed by atoms with Crippen molar-refractivity contribution in [2.24, 2.45) is 5.92 Å². The lowest BCUT2D eigenvalue weighted by molar-refractivity contribution is -0.135. The molecule has 1 atom stereocenters. The normalized spacial score (nSPS) is 17.1. The number of carbonyl (C=O) groups is 2. The second-order valence-electron chi connectivity index (χ2n) is 10.5. The number of carbonyl (C=O) groups excluding carboxylic acids is 1. The number of pyridine rings is 1. The third kappa shape index (κ3) is 4.85. The molecule has 1 aliphatic carbocycles. The van der Waals surface area contributed by atoms with Gasteiger partial charge in [0.05, 0.1) is 17.2 Å². The van der Waals surface area contributed by atoms with Gasteiger partial charge in [-0.15, -0.1) is 0 Å². The lowest BCUT2D eigenvalue weighted by Gasteiger charge is -2.37. The van der Waals surface area contributed by atoms with E-state index >= 15 is 0 Å². The summed E-state index contributed by atoms with van der Waals surface area (Å²) < 4.78 is 1.59. The first-order chi connectivity index (χ1) is 18.2. The Morgan fingerprint density at radius 3 is 2.45 bits per heavy atom. The predicted octanol–water partition coefficient (Wildman–Crippen LogP) is 4.02. The van der Waals surface area contributed by atoms with Gasteiger partial charge in [0.25, 0.3) is 5.56 Å². The Labute approximate surface area is 222 Å². The molecular formula is C29H35N5O4. The lowest BCUT2D eigenvalue weighted by Crippen LogP contribution is -2.51. The molecular weight excluding hydrogens is 482 g/mol. The molecule has 2 N–H and O–H groups in total. The maximum Gasteiger partial charge on any atom is 0.337 e. The monoisotopic (exact) mass is 517 g/mol. The summed E-state index contributed by atoms with van der Waals surface area (Å²) in [5.41, 5.74) is 3.39. The van der Waals surface area contributed by atoms with Crippen LogP contribution in [0.4, 0.5) is 11.5 Å². The quantitative estimate of drug-likeness (QED) is 0.509. The smallest absolute Gasteiger partial charge is 0.337 e. The predicted molar refractivity (Wildman–Crippen MR) is 147 cm³/mol. The minimum absolute atomic E-state index is 0.127. The van der Waals surface area contributed by atoms with Crippen LogP contribution in [0, 0.1) is 19.8 Å². The Morgan fingerprint density at radius 2 is 1.76 bits per heavy atom. The zero-order valence-corrected chi connectivity index (χ0v) is 22.2. The molecule has 38 heavy (non-hydrogen) atoms. The first-order valence-electron chi connectivity index (χ1n) is 13.4. The standard InChI is InChI=1S/C29H35N5O4/c1-18-16-23(20(3)30-24-11-7-6-10-22(24)29(37)38)26-31-25(19(2)27(35)34(26)17-18)32-12-14-33(15-13-32)28(36)21-8-4-5-9-21/h6-7,10-11,16-17,20-21,30H,4-5,8-9,12-15H2,1-3H3,(H,37,38)/t20-/m1/s1. The number of anilines is 2. The topological polar surface area (TPSA) is 107 Å². The number of fused-ring (bicyclic) bond motifs is 1. The van der Waals surface area contributed by atoms with Crippen LogP contribution in [0.3, 0.4) is 0 Å². The fraction of sp³-hybridized carbons (Fsp3) is 0.448. The summed E-state index contributed by atoms with van der Waals surface area (Å²) in [7, 11) is 0. The summed E-state index contributed by atoms with van der Waals surface area (Å²) in [5, 5.41) is 12.9. The highest BCUT2D eigenvalue weighted by Gasteiger charge is 2.30. The number of para-hydroxylation sites is 1. The van der Waals surface area contributed by atoms with Gasteiger partial charge in [-0.25, -0.2) is 9.78 Å². The number of carboxylic acids is 1. The number of hydrogen-bond donors (Lipinski definition) is 2. The van der Waals surface area contributed by atoms with E-state index in [4.69, 9.17) is 4.98 Å². The molecule has 9 nitrogen and oxygen atoms in total. The van der Waals surface area contributed by atoms with Crippen LogP contribution in [0.2, 0.25) is 0 Å². The number of rotatable bonds is 6. The number of aromatic carboxylic acids is 1. The maximum atomic E-state index is 13.5. The van der Waals surface area contributed by atoms with Crippen LogP contribution in [-0.2, 0) is 4.79 Å². The van der Waals surface area contributed by atoms with Crippen molar-refractivity contribution in [1.29, 1.82) is 0 Å². The van der Waals surface area contributed by atoms with Crippen molar-refractivity contribution < 1.29 is 14.7 Å². The highest BCUT2D eigenvalue weighted by Crippen LogP contribution is 2.29. The molecule has 1 amide bonds. The van der Waals surface area contributed by atoms with E-state index in [2.05, 4.69) is 10.2 Å². The van der Waals surface area contributed by atoms with Gasteiger partial charge >= 0.3 is 5.97 Å². The number of nitrogens with zero attached hydrogens (tertiary/aromatic N) is 4. The van der Waals surface area contributed by atoms with E-state index in [9.17, 15) is 19.5 Å². The molecule has 0 spiro atoms. The number of piperazine rings is 1. The van der Waals surface area contributed by atoms with Crippen LogP contribution in [0.1, 0.15) is 65.7 Å². The van der Waals surface area contributed by atoms with Crippen molar-refractivity contribution in [2.75, 3.05) is 36.4 Å². The van der Waals surface area contributed by atoms with Gasteiger partial charge in [-0.05, 0) is 57.4 Å². The molecule has 1 aromatic carbocycles. The molecule has 3 heterocycles. The van der Waals surface area contributed by atoms with E-state index < -0.39 is 5.97 Å². The van der Waals surface area contributed by atoms with Crippen molar-refractivity contribution >= 4 is 29.0 Å². The highest BCUT2D eigenvalue weighted by atomic mass is 16.4. The van der Waals surface area contributed by atoms with E-state index in [1.165, 1.54) is 0 Å². The van der Waals surface area contributed by atoms with Crippen LogP contribution >= 0.6 is 0 Å². The third-order valence-electron chi connectivity index (χ3n) is 7.88. The van der Waals surface area contributed by atoms with Crippen LogP contribution in [0.25, 0.3) is 5.65 Å². The highest BCUT2D eigenvalue weighted by molar-refractivity contribution is 5.94. The average molecular weight is 518 g/mol. The van der Waals surface area contributed by atoms with Gasteiger partial charge < -0.3 is 20.2 Å². The van der Waals surface area contributed by atoms with Crippen molar-refractivity contribution in [3.63, 3.8) is 0 Å². The number of amides is 1. The average Bonchev–Trinajstić information content (AvgIpc) is 3.45. The number of benzene rings is 1. The largest absolute Gasteiger partial charge is 0.478 e. The number of carboxylic acid groups (broad SMARTS) is 1. The second-order valence-corrected chi connectivity index (χ2v) is 10.5. The van der Waals surface area contributed by atoms with Gasteiger partial charge in [0.2, 0.25) is 5.91 Å². The number of hydrogen-bond acceptors (Lipinski definition) is 6. The summed E-state index contributed by atoms with van der Waals surface area (Å²) in [6.45, 7) is 8.18. The summed E-state index contributed by atoms with van der Waals surface area (Å²) in [5.74, 6) is 0.0703. The minimum atomic E-state index is -1.01. The van der Waals surface area contributed by atoms with Crippen LogP contribution in [0.15, 0.2) is 41.3 Å². The number of aryl methyl sites for hydroxylation is 1. The molecule has 1 saturated carbocycles. The van der Waals surface area contributed by atoms with Gasteiger partial charge in [0.1, 0.15) is 11.5 Å². The third-order valence-corrected chi connectivity index (χ3v) is 7.88. The molecule has 2 aromatic heterocycles. The molecule has 5 rings (SSSR count). The summed E-state index contributed by atoms with van der Waals surface area (Å²) >= 11 is 0. The minimum Gasteiger partial charge on any atom is -0.478 e. The van der Waals surface area contributed by atoms with Crippen molar-refractivity contribution in [3.05, 3.63) is 69.1 Å². The molecule has 2 aliphatic rings. The zero-order chi connectivity index (χ0) is 27.0. The molecule has 1 aliphatic heterocycles. The Hall–Kier alpha value is -3.88. The molecule has 9 heteroatoms. The molecule has 0 bridgehead atoms. The van der Waals surface area contributed by atoms with E-state index in [0.717, 1.165) is 36.8 Å². The molecule has 3 aromatic rings. The van der Waals surface area contributed by atoms with Crippen molar-refractivity contribution in [2.45, 2.75) is 52.5 Å². The number of aromatic nitrogens is 2. The fourth-order valence-electron chi connectivity index (χ4n) is 5.79. The van der Waals surface area contributed by atoms with E-state index in [1.54, 1.807) is 41.8 Å². The Bertz CT molecular complexity index is 1430. The van der Waals surface area contributed by atoms with Gasteiger partial charge in [0.15, 0.2) is 0 Å². The van der Waals surface area contributed by atoms with Gasteiger partial charge in [0, 0.05) is 49.5 Å².